The summed E-state index contributed by atoms with van der Waals surface area (Å²) in [6, 6.07) is 16.2. The van der Waals surface area contributed by atoms with Gasteiger partial charge in [-0.1, -0.05) is 47.7 Å². The van der Waals surface area contributed by atoms with E-state index in [4.69, 9.17) is 0 Å². The van der Waals surface area contributed by atoms with Crippen molar-refractivity contribution in [2.24, 2.45) is 0 Å². The normalized spacial score (nSPS) is 12.0. The van der Waals surface area contributed by atoms with Gasteiger partial charge in [0.25, 0.3) is 5.56 Å². The Morgan fingerprint density at radius 3 is 2.43 bits per heavy atom. The number of anilines is 1. The number of hydrogen-bond donors (Lipinski definition) is 0. The fourth-order valence-electron chi connectivity index (χ4n) is 3.38. The summed E-state index contributed by atoms with van der Waals surface area (Å²) in [5.74, 6) is 0.603. The van der Waals surface area contributed by atoms with Crippen molar-refractivity contribution in [3.8, 4) is 11.4 Å². The summed E-state index contributed by atoms with van der Waals surface area (Å²) in [5, 5.41) is 8.47. The molecule has 0 atom stereocenters. The number of rotatable bonds is 5. The third kappa shape index (κ3) is 3.20. The van der Waals surface area contributed by atoms with Crippen LogP contribution in [0.3, 0.4) is 0 Å². The zero-order valence-electron chi connectivity index (χ0n) is 16.2. The van der Waals surface area contributed by atoms with Crippen molar-refractivity contribution in [1.82, 2.24) is 14.6 Å². The van der Waals surface area contributed by atoms with Crippen molar-refractivity contribution in [3.63, 3.8) is 0 Å². The lowest BCUT2D eigenvalue weighted by molar-refractivity contribution is 0.866. The molecule has 0 saturated heterocycles. The van der Waals surface area contributed by atoms with Crippen LogP contribution in [0.4, 0.5) is 5.69 Å². The molecule has 2 aromatic heterocycles. The molecule has 0 fully saturated rings. The molecule has 0 unspecified atom stereocenters. The lowest BCUT2D eigenvalue weighted by atomic mass is 10.1. The van der Waals surface area contributed by atoms with E-state index in [2.05, 4.69) is 53.2 Å². The maximum atomic E-state index is 13.0. The molecule has 0 radical (unpaired) electrons. The fourth-order valence-corrected chi connectivity index (χ4v) is 4.29. The quantitative estimate of drug-likeness (QED) is 0.523. The highest BCUT2D eigenvalue weighted by molar-refractivity contribution is 7.15. The first-order valence-corrected chi connectivity index (χ1v) is 10.2. The Hall–Kier alpha value is -2.99. The lowest BCUT2D eigenvalue weighted by Crippen LogP contribution is -2.23. The van der Waals surface area contributed by atoms with Gasteiger partial charge in [-0.05, 0) is 50.1 Å². The van der Waals surface area contributed by atoms with Crippen LogP contribution in [0.15, 0.2) is 53.3 Å². The maximum Gasteiger partial charge on any atom is 0.276 e. The highest BCUT2D eigenvalue weighted by Gasteiger charge is 2.15. The summed E-state index contributed by atoms with van der Waals surface area (Å²) >= 11 is 1.37. The van der Waals surface area contributed by atoms with Crippen LogP contribution in [-0.2, 0) is 0 Å². The summed E-state index contributed by atoms with van der Waals surface area (Å²) in [4.78, 5) is 15.9. The summed E-state index contributed by atoms with van der Waals surface area (Å²) in [5.41, 5.74) is 4.12. The predicted molar refractivity (Wildman–Crippen MR) is 116 cm³/mol. The first-order valence-electron chi connectivity index (χ1n) is 9.43. The molecule has 0 aliphatic heterocycles. The van der Waals surface area contributed by atoms with Crippen molar-refractivity contribution in [1.29, 1.82) is 0 Å². The van der Waals surface area contributed by atoms with Crippen LogP contribution in [0, 0.1) is 6.92 Å². The molecule has 0 aliphatic carbocycles. The average molecular weight is 391 g/mol. The van der Waals surface area contributed by atoms with Crippen LogP contribution in [0.2, 0.25) is 0 Å². The largest absolute Gasteiger partial charge is 0.372 e. The second kappa shape index (κ2) is 7.56. The smallest absolute Gasteiger partial charge is 0.276 e. The zero-order chi connectivity index (χ0) is 19.7. The molecule has 0 spiro atoms. The van der Waals surface area contributed by atoms with Gasteiger partial charge in [-0.2, -0.15) is 0 Å². The van der Waals surface area contributed by atoms with Crippen molar-refractivity contribution in [2.75, 3.05) is 18.0 Å². The van der Waals surface area contributed by atoms with Crippen molar-refractivity contribution < 1.29 is 0 Å². The Bertz CT molecular complexity index is 1220. The summed E-state index contributed by atoms with van der Waals surface area (Å²) in [6.45, 7) is 8.25. The predicted octanol–water partition coefficient (Wildman–Crippen LogP) is 3.52. The van der Waals surface area contributed by atoms with Gasteiger partial charge in [0, 0.05) is 24.3 Å². The van der Waals surface area contributed by atoms with Crippen LogP contribution in [0.5, 0.6) is 0 Å². The number of nitrogens with zero attached hydrogens (tertiary/aromatic N) is 4. The number of fused-ring (bicyclic) bond motifs is 1. The SMILES string of the molecule is CCN(CC)c1ccc(/C=c2/sc3nnc(-c4ccccc4C)n3c2=O)cc1. The Morgan fingerprint density at radius 2 is 1.75 bits per heavy atom. The molecule has 0 N–H and O–H groups in total. The van der Waals surface area contributed by atoms with E-state index in [1.807, 2.05) is 37.3 Å². The van der Waals surface area contributed by atoms with E-state index >= 15 is 0 Å². The molecule has 0 amide bonds. The van der Waals surface area contributed by atoms with Crippen molar-refractivity contribution in [3.05, 3.63) is 74.5 Å². The molecule has 28 heavy (non-hydrogen) atoms. The van der Waals surface area contributed by atoms with Gasteiger partial charge in [-0.3, -0.25) is 4.79 Å². The van der Waals surface area contributed by atoms with Gasteiger partial charge in [0.2, 0.25) is 4.96 Å². The fraction of sp³-hybridized carbons (Fsp3) is 0.227. The third-order valence-corrected chi connectivity index (χ3v) is 5.91. The monoisotopic (exact) mass is 390 g/mol. The minimum Gasteiger partial charge on any atom is -0.372 e. The van der Waals surface area contributed by atoms with Gasteiger partial charge in [0.15, 0.2) is 5.82 Å². The van der Waals surface area contributed by atoms with E-state index < -0.39 is 0 Å². The van der Waals surface area contributed by atoms with Crippen LogP contribution in [0.25, 0.3) is 22.4 Å². The molecule has 0 saturated carbocycles. The third-order valence-electron chi connectivity index (χ3n) is 4.95. The first-order chi connectivity index (χ1) is 13.6. The standard InChI is InChI=1S/C22H22N4OS/c1-4-25(5-2)17-12-10-16(11-13-17)14-19-21(27)26-20(23-24-22(26)28-19)18-9-7-6-8-15(18)3/h6-14H,4-5H2,1-3H3/b19-14+. The molecular weight excluding hydrogens is 368 g/mol. The molecule has 0 bridgehead atoms. The van der Waals surface area contributed by atoms with E-state index in [1.54, 1.807) is 4.40 Å². The second-order valence-corrected chi connectivity index (χ2v) is 7.65. The lowest BCUT2D eigenvalue weighted by Gasteiger charge is -2.20. The van der Waals surface area contributed by atoms with E-state index in [0.29, 0.717) is 15.3 Å². The van der Waals surface area contributed by atoms with E-state index in [0.717, 1.165) is 29.8 Å². The zero-order valence-corrected chi connectivity index (χ0v) is 17.0. The van der Waals surface area contributed by atoms with Crippen LogP contribution in [0.1, 0.15) is 25.0 Å². The number of aryl methyl sites for hydroxylation is 1. The Morgan fingerprint density at radius 1 is 1.04 bits per heavy atom. The van der Waals surface area contributed by atoms with Gasteiger partial charge in [0.1, 0.15) is 0 Å². The highest BCUT2D eigenvalue weighted by atomic mass is 32.1. The Kier molecular flexibility index (Phi) is 4.96. The molecule has 0 aliphatic rings. The maximum absolute atomic E-state index is 13.0. The van der Waals surface area contributed by atoms with Crippen LogP contribution in [-0.4, -0.2) is 27.7 Å². The van der Waals surface area contributed by atoms with E-state index in [9.17, 15) is 4.79 Å². The molecule has 4 rings (SSSR count). The van der Waals surface area contributed by atoms with Crippen molar-refractivity contribution in [2.45, 2.75) is 20.8 Å². The molecule has 4 aromatic rings. The minimum absolute atomic E-state index is 0.0731. The summed E-state index contributed by atoms with van der Waals surface area (Å²) < 4.78 is 2.28. The first kappa shape index (κ1) is 18.4. The average Bonchev–Trinajstić information content (AvgIpc) is 3.25. The van der Waals surface area contributed by atoms with Gasteiger partial charge in [-0.25, -0.2) is 4.40 Å². The highest BCUT2D eigenvalue weighted by Crippen LogP contribution is 2.21. The minimum atomic E-state index is -0.0731. The summed E-state index contributed by atoms with van der Waals surface area (Å²) in [7, 11) is 0. The van der Waals surface area contributed by atoms with E-state index in [-0.39, 0.29) is 5.56 Å². The topological polar surface area (TPSA) is 50.5 Å². The van der Waals surface area contributed by atoms with Gasteiger partial charge >= 0.3 is 0 Å². The Labute approximate surface area is 167 Å². The number of thiazole rings is 1. The molecule has 2 aromatic carbocycles. The van der Waals surface area contributed by atoms with Crippen LogP contribution < -0.4 is 15.0 Å². The van der Waals surface area contributed by atoms with Crippen LogP contribution >= 0.6 is 11.3 Å². The molecular formula is C22H22N4OS. The van der Waals surface area contributed by atoms with Gasteiger partial charge < -0.3 is 4.90 Å². The number of hydrogen-bond acceptors (Lipinski definition) is 5. The molecule has 2 heterocycles. The number of aromatic nitrogens is 3. The number of benzene rings is 2. The van der Waals surface area contributed by atoms with Crippen molar-refractivity contribution >= 4 is 28.1 Å². The molecule has 5 nitrogen and oxygen atoms in total. The molecule has 6 heteroatoms. The van der Waals surface area contributed by atoms with E-state index in [1.165, 1.54) is 17.0 Å². The summed E-state index contributed by atoms with van der Waals surface area (Å²) in [6.07, 6.45) is 1.93. The van der Waals surface area contributed by atoms with Gasteiger partial charge in [0.05, 0.1) is 4.53 Å². The second-order valence-electron chi connectivity index (χ2n) is 6.64. The van der Waals surface area contributed by atoms with Gasteiger partial charge in [-0.15, -0.1) is 10.2 Å². The Balaban J connectivity index is 1.77. The molecule has 142 valence electrons.